The first kappa shape index (κ1) is 19.3. The second-order valence-corrected chi connectivity index (χ2v) is 6.60. The molecule has 7 heteroatoms. The molecule has 0 saturated heterocycles. The number of rotatable bonds is 6. The Balaban J connectivity index is 1.76. The van der Waals surface area contributed by atoms with Crippen LogP contribution in [-0.2, 0) is 16.0 Å². The lowest BCUT2D eigenvalue weighted by Gasteiger charge is -2.29. The summed E-state index contributed by atoms with van der Waals surface area (Å²) in [6.45, 7) is 0. The van der Waals surface area contributed by atoms with Crippen molar-refractivity contribution in [1.29, 1.82) is 0 Å². The first-order valence-electron chi connectivity index (χ1n) is 8.41. The number of hydrogen-bond donors (Lipinski definition) is 2. The lowest BCUT2D eigenvalue weighted by Crippen LogP contribution is -2.29. The molecule has 1 aromatic rings. The van der Waals surface area contributed by atoms with Crippen molar-refractivity contribution in [2.24, 2.45) is 11.8 Å². The molecule has 1 fully saturated rings. The molecule has 0 atom stereocenters. The second-order valence-electron chi connectivity index (χ2n) is 6.60. The van der Waals surface area contributed by atoms with Gasteiger partial charge in [-0.25, -0.2) is 0 Å². The van der Waals surface area contributed by atoms with Crippen LogP contribution < -0.4 is 5.32 Å². The highest BCUT2D eigenvalue weighted by molar-refractivity contribution is 5.90. The maximum Gasteiger partial charge on any atom is 0.391 e. The highest BCUT2D eigenvalue weighted by Crippen LogP contribution is 2.40. The SMILES string of the molecule is O=C(O)CCc1ccc(NC(=O)CC2CCC(C(F)(F)F)CC2)cc1. The number of halogens is 3. The van der Waals surface area contributed by atoms with Crippen molar-refractivity contribution in [3.8, 4) is 0 Å². The lowest BCUT2D eigenvalue weighted by atomic mass is 9.80. The van der Waals surface area contributed by atoms with Gasteiger partial charge in [-0.2, -0.15) is 13.2 Å². The van der Waals surface area contributed by atoms with Gasteiger partial charge in [0.25, 0.3) is 0 Å². The van der Waals surface area contributed by atoms with Crippen molar-refractivity contribution >= 4 is 17.6 Å². The zero-order valence-electron chi connectivity index (χ0n) is 13.8. The van der Waals surface area contributed by atoms with Crippen molar-refractivity contribution in [2.45, 2.75) is 51.1 Å². The molecule has 1 aliphatic carbocycles. The van der Waals surface area contributed by atoms with E-state index >= 15 is 0 Å². The van der Waals surface area contributed by atoms with Gasteiger partial charge in [-0.3, -0.25) is 9.59 Å². The van der Waals surface area contributed by atoms with Crippen LogP contribution in [-0.4, -0.2) is 23.2 Å². The molecule has 4 nitrogen and oxygen atoms in total. The van der Waals surface area contributed by atoms with E-state index in [1.807, 2.05) is 0 Å². The van der Waals surface area contributed by atoms with Gasteiger partial charge in [-0.1, -0.05) is 12.1 Å². The van der Waals surface area contributed by atoms with E-state index in [1.165, 1.54) is 0 Å². The molecular weight excluding hydrogens is 335 g/mol. The first-order valence-corrected chi connectivity index (χ1v) is 8.41. The van der Waals surface area contributed by atoms with Gasteiger partial charge < -0.3 is 10.4 Å². The molecule has 138 valence electrons. The van der Waals surface area contributed by atoms with Gasteiger partial charge in [-0.05, 0) is 55.7 Å². The van der Waals surface area contributed by atoms with Crippen molar-refractivity contribution in [2.75, 3.05) is 5.32 Å². The van der Waals surface area contributed by atoms with Gasteiger partial charge in [0.2, 0.25) is 5.91 Å². The molecule has 0 spiro atoms. The molecule has 0 unspecified atom stereocenters. The Kier molecular flexibility index (Phi) is 6.45. The number of anilines is 1. The molecule has 0 aromatic heterocycles. The smallest absolute Gasteiger partial charge is 0.391 e. The fraction of sp³-hybridized carbons (Fsp3) is 0.556. The summed E-state index contributed by atoms with van der Waals surface area (Å²) in [6.07, 6.45) is -2.39. The van der Waals surface area contributed by atoms with Crippen LogP contribution in [0.15, 0.2) is 24.3 Å². The van der Waals surface area contributed by atoms with Crippen LogP contribution in [0.5, 0.6) is 0 Å². The van der Waals surface area contributed by atoms with Crippen LogP contribution in [0.2, 0.25) is 0 Å². The lowest BCUT2D eigenvalue weighted by molar-refractivity contribution is -0.184. The van der Waals surface area contributed by atoms with E-state index in [1.54, 1.807) is 24.3 Å². The number of benzene rings is 1. The quantitative estimate of drug-likeness (QED) is 0.793. The molecule has 0 aliphatic heterocycles. The standard InChI is InChI=1S/C18H22F3NO3/c19-18(20,21)14-6-1-13(2-7-14)11-16(23)22-15-8-3-12(4-9-15)5-10-17(24)25/h3-4,8-9,13-14H,1-2,5-7,10-11H2,(H,22,23)(H,24,25). The van der Waals surface area contributed by atoms with E-state index in [-0.39, 0.29) is 37.5 Å². The summed E-state index contributed by atoms with van der Waals surface area (Å²) in [6, 6.07) is 6.92. The van der Waals surface area contributed by atoms with Crippen molar-refractivity contribution < 1.29 is 27.9 Å². The van der Waals surface area contributed by atoms with Gasteiger partial charge in [0.15, 0.2) is 0 Å². The fourth-order valence-corrected chi connectivity index (χ4v) is 3.17. The number of nitrogens with one attached hydrogen (secondary N) is 1. The summed E-state index contributed by atoms with van der Waals surface area (Å²) in [4.78, 5) is 22.6. The predicted octanol–water partition coefficient (Wildman–Crippen LogP) is 4.40. The molecule has 0 radical (unpaired) electrons. The minimum atomic E-state index is -4.13. The third-order valence-electron chi connectivity index (χ3n) is 4.65. The molecule has 1 aliphatic rings. The number of aryl methyl sites for hydroxylation is 1. The minimum Gasteiger partial charge on any atom is -0.481 e. The molecule has 1 aromatic carbocycles. The Bertz CT molecular complexity index is 591. The Morgan fingerprint density at radius 2 is 1.68 bits per heavy atom. The number of alkyl halides is 3. The molecular formula is C18H22F3NO3. The molecule has 1 saturated carbocycles. The van der Waals surface area contributed by atoms with Gasteiger partial charge in [0.05, 0.1) is 5.92 Å². The number of aliphatic carboxylic acids is 1. The zero-order chi connectivity index (χ0) is 18.4. The average molecular weight is 357 g/mol. The predicted molar refractivity (Wildman–Crippen MR) is 87.1 cm³/mol. The number of carbonyl (C=O) groups excluding carboxylic acids is 1. The van der Waals surface area contributed by atoms with E-state index in [0.717, 1.165) is 5.56 Å². The summed E-state index contributed by atoms with van der Waals surface area (Å²) in [7, 11) is 0. The van der Waals surface area contributed by atoms with Crippen LogP contribution in [0.1, 0.15) is 44.1 Å². The van der Waals surface area contributed by atoms with Crippen LogP contribution >= 0.6 is 0 Å². The number of carboxylic acid groups (broad SMARTS) is 1. The van der Waals surface area contributed by atoms with Crippen LogP contribution in [0.25, 0.3) is 0 Å². The molecule has 0 bridgehead atoms. The fourth-order valence-electron chi connectivity index (χ4n) is 3.17. The summed E-state index contributed by atoms with van der Waals surface area (Å²) in [5, 5.41) is 11.4. The summed E-state index contributed by atoms with van der Waals surface area (Å²) >= 11 is 0. The Labute approximate surface area is 144 Å². The Hall–Kier alpha value is -2.05. The first-order chi connectivity index (χ1) is 11.7. The van der Waals surface area contributed by atoms with E-state index in [2.05, 4.69) is 5.32 Å². The van der Waals surface area contributed by atoms with E-state index < -0.39 is 18.1 Å². The van der Waals surface area contributed by atoms with Gasteiger partial charge >= 0.3 is 12.1 Å². The van der Waals surface area contributed by atoms with Gasteiger partial charge in [-0.15, -0.1) is 0 Å². The Morgan fingerprint density at radius 1 is 1.08 bits per heavy atom. The highest BCUT2D eigenvalue weighted by Gasteiger charge is 2.41. The molecule has 1 amide bonds. The van der Waals surface area contributed by atoms with E-state index in [9.17, 15) is 22.8 Å². The third kappa shape index (κ3) is 6.40. The van der Waals surface area contributed by atoms with Crippen LogP contribution in [0.4, 0.5) is 18.9 Å². The maximum absolute atomic E-state index is 12.6. The summed E-state index contributed by atoms with van der Waals surface area (Å²) in [5.41, 5.74) is 1.47. The topological polar surface area (TPSA) is 66.4 Å². The van der Waals surface area contributed by atoms with Crippen molar-refractivity contribution in [3.05, 3.63) is 29.8 Å². The van der Waals surface area contributed by atoms with E-state index in [4.69, 9.17) is 5.11 Å². The summed E-state index contributed by atoms with van der Waals surface area (Å²) < 4.78 is 37.9. The maximum atomic E-state index is 12.6. The molecule has 2 rings (SSSR count). The molecule has 2 N–H and O–H groups in total. The van der Waals surface area contributed by atoms with Crippen molar-refractivity contribution in [3.63, 3.8) is 0 Å². The van der Waals surface area contributed by atoms with Gasteiger partial charge in [0, 0.05) is 18.5 Å². The average Bonchev–Trinajstić information content (AvgIpc) is 2.53. The monoisotopic (exact) mass is 357 g/mol. The number of amides is 1. The largest absolute Gasteiger partial charge is 0.481 e. The normalized spacial score (nSPS) is 20.9. The van der Waals surface area contributed by atoms with Gasteiger partial charge in [0.1, 0.15) is 0 Å². The Morgan fingerprint density at radius 3 is 2.20 bits per heavy atom. The number of carbonyl (C=O) groups is 2. The molecule has 0 heterocycles. The second kappa shape index (κ2) is 8.36. The zero-order valence-corrected chi connectivity index (χ0v) is 13.8. The van der Waals surface area contributed by atoms with Crippen molar-refractivity contribution in [1.82, 2.24) is 0 Å². The highest BCUT2D eigenvalue weighted by atomic mass is 19.4. The number of hydrogen-bond acceptors (Lipinski definition) is 2. The number of carboxylic acids is 1. The third-order valence-corrected chi connectivity index (χ3v) is 4.65. The summed E-state index contributed by atoms with van der Waals surface area (Å²) in [5.74, 6) is -2.30. The van der Waals surface area contributed by atoms with Crippen LogP contribution in [0, 0.1) is 11.8 Å². The van der Waals surface area contributed by atoms with Crippen LogP contribution in [0.3, 0.4) is 0 Å². The minimum absolute atomic E-state index is 0.00607. The molecule has 25 heavy (non-hydrogen) atoms. The van der Waals surface area contributed by atoms with E-state index in [0.29, 0.717) is 24.9 Å².